The van der Waals surface area contributed by atoms with E-state index in [1.165, 1.54) is 4.90 Å². The molecule has 0 aliphatic carbocycles. The average molecular weight is 651 g/mol. The number of nitrogens with zero attached hydrogens (tertiary/aromatic N) is 4. The fourth-order valence-electron chi connectivity index (χ4n) is 5.89. The molecule has 1 unspecified atom stereocenters. The topological polar surface area (TPSA) is 57.6 Å². The molecule has 5 rings (SSSR count). The summed E-state index contributed by atoms with van der Waals surface area (Å²) in [5.41, 5.74) is -2.09. The number of alkyl halides is 6. The average Bonchev–Trinajstić information content (AvgIpc) is 3.02. The molecule has 7 nitrogen and oxygen atoms in total. The van der Waals surface area contributed by atoms with Crippen molar-refractivity contribution < 1.29 is 40.7 Å². The van der Waals surface area contributed by atoms with Gasteiger partial charge in [0.05, 0.1) is 30.1 Å². The molecule has 0 bridgehead atoms. The molecule has 1 atom stereocenters. The summed E-state index contributed by atoms with van der Waals surface area (Å²) in [6.45, 7) is 7.25. The van der Waals surface area contributed by atoms with Crippen LogP contribution in [0.1, 0.15) is 34.0 Å². The van der Waals surface area contributed by atoms with Gasteiger partial charge >= 0.3 is 12.4 Å². The molecule has 2 heterocycles. The van der Waals surface area contributed by atoms with Crippen LogP contribution in [-0.4, -0.2) is 98.0 Å². The smallest absolute Gasteiger partial charge is 0.394 e. The highest BCUT2D eigenvalue weighted by Gasteiger charge is 2.39. The van der Waals surface area contributed by atoms with E-state index in [-0.39, 0.29) is 12.6 Å². The van der Waals surface area contributed by atoms with Gasteiger partial charge in [0, 0.05) is 57.4 Å². The zero-order valence-corrected chi connectivity index (χ0v) is 25.4. The van der Waals surface area contributed by atoms with Crippen LogP contribution in [0.4, 0.5) is 26.3 Å². The number of rotatable bonds is 9. The van der Waals surface area contributed by atoms with Gasteiger partial charge in [-0.2, -0.15) is 26.3 Å². The Balaban J connectivity index is 1.34. The van der Waals surface area contributed by atoms with Crippen molar-refractivity contribution in [2.24, 2.45) is 5.16 Å². The Bertz CT molecular complexity index is 1510. The second kappa shape index (κ2) is 14.4. The van der Waals surface area contributed by atoms with Gasteiger partial charge in [0.1, 0.15) is 6.61 Å². The maximum absolute atomic E-state index is 13.7. The van der Waals surface area contributed by atoms with E-state index < -0.39 is 41.0 Å². The van der Waals surface area contributed by atoms with Crippen molar-refractivity contribution in [3.05, 3.63) is 82.9 Å². The van der Waals surface area contributed by atoms with Crippen molar-refractivity contribution in [1.82, 2.24) is 14.7 Å². The van der Waals surface area contributed by atoms with E-state index >= 15 is 0 Å². The zero-order valence-electron chi connectivity index (χ0n) is 25.4. The zero-order chi connectivity index (χ0) is 32.9. The second-order valence-corrected chi connectivity index (χ2v) is 11.7. The predicted octanol–water partition coefficient (Wildman–Crippen LogP) is 5.97. The van der Waals surface area contributed by atoms with Crippen LogP contribution in [0.25, 0.3) is 10.8 Å². The molecular formula is C33H36F6N4O3. The molecule has 3 aromatic rings. The fourth-order valence-corrected chi connectivity index (χ4v) is 5.89. The van der Waals surface area contributed by atoms with Crippen LogP contribution in [0.2, 0.25) is 0 Å². The third kappa shape index (κ3) is 8.77. The fraction of sp³-hybridized carbons (Fsp3) is 0.455. The largest absolute Gasteiger partial charge is 0.416 e. The number of benzene rings is 3. The maximum Gasteiger partial charge on any atom is 0.416 e. The Kier molecular flexibility index (Phi) is 10.5. The third-order valence-corrected chi connectivity index (χ3v) is 8.22. The van der Waals surface area contributed by atoms with Gasteiger partial charge in [0.25, 0.3) is 5.91 Å². The summed E-state index contributed by atoms with van der Waals surface area (Å²) in [5.74, 6) is -0.876. The Morgan fingerprint density at radius 1 is 0.870 bits per heavy atom. The van der Waals surface area contributed by atoms with Crippen LogP contribution >= 0.6 is 0 Å². The lowest BCUT2D eigenvalue weighted by Crippen LogP contribution is -2.56. The van der Waals surface area contributed by atoms with Crippen molar-refractivity contribution >= 4 is 22.4 Å². The number of carbonyl (C=O) groups excluding carboxylic acids is 1. The predicted molar refractivity (Wildman–Crippen MR) is 162 cm³/mol. The Hall–Kier alpha value is -3.68. The minimum atomic E-state index is -5.05. The first kappa shape index (κ1) is 33.7. The van der Waals surface area contributed by atoms with Crippen molar-refractivity contribution in [3.63, 3.8) is 0 Å². The molecule has 248 valence electrons. The molecule has 46 heavy (non-hydrogen) atoms. The molecule has 0 radical (unpaired) electrons. The Labute approximate surface area is 263 Å². The molecular weight excluding hydrogens is 614 g/mol. The van der Waals surface area contributed by atoms with Gasteiger partial charge in [-0.3, -0.25) is 14.6 Å². The molecule has 0 saturated carbocycles. The number of fused-ring (bicyclic) bond motifs is 1. The Morgan fingerprint density at radius 3 is 2.22 bits per heavy atom. The van der Waals surface area contributed by atoms with Gasteiger partial charge in [-0.1, -0.05) is 47.6 Å². The monoisotopic (exact) mass is 650 g/mol. The summed E-state index contributed by atoms with van der Waals surface area (Å²) < 4.78 is 86.9. The van der Waals surface area contributed by atoms with Crippen LogP contribution in [0.3, 0.4) is 0 Å². The standard InChI is InChI=1S/C33H36F6N4O3/c1-23(40-46-15-12-41-10-13-45-14-11-41)21-42-8-9-43(30(22-42)17-24-6-7-25-4-2-3-5-26(25)16-24)31(44)27-18-28(32(34,35)36)20-29(19-27)33(37,38)39/h2-7,16,18-20,30H,8-15,17,21-22H2,1H3/b40-23+. The summed E-state index contributed by atoms with van der Waals surface area (Å²) in [6.07, 6.45) is -9.76. The van der Waals surface area contributed by atoms with E-state index in [0.29, 0.717) is 63.7 Å². The van der Waals surface area contributed by atoms with E-state index in [4.69, 9.17) is 9.57 Å². The molecule has 2 fully saturated rings. The highest BCUT2D eigenvalue weighted by molar-refractivity contribution is 5.95. The highest BCUT2D eigenvalue weighted by atomic mass is 19.4. The van der Waals surface area contributed by atoms with Crippen LogP contribution in [0.5, 0.6) is 0 Å². The summed E-state index contributed by atoms with van der Waals surface area (Å²) >= 11 is 0. The lowest BCUT2D eigenvalue weighted by Gasteiger charge is -2.41. The number of halogens is 6. The summed E-state index contributed by atoms with van der Waals surface area (Å²) in [5, 5.41) is 6.24. The van der Waals surface area contributed by atoms with Crippen molar-refractivity contribution in [2.75, 3.05) is 65.6 Å². The number of morpholine rings is 1. The lowest BCUT2D eigenvalue weighted by molar-refractivity contribution is -0.143. The maximum atomic E-state index is 13.7. The van der Waals surface area contributed by atoms with Crippen LogP contribution in [0, 0.1) is 0 Å². The van der Waals surface area contributed by atoms with Crippen LogP contribution in [-0.2, 0) is 28.3 Å². The number of ether oxygens (including phenoxy) is 1. The van der Waals surface area contributed by atoms with Gasteiger partial charge < -0.3 is 14.5 Å². The highest BCUT2D eigenvalue weighted by Crippen LogP contribution is 2.37. The van der Waals surface area contributed by atoms with Crippen molar-refractivity contribution in [1.29, 1.82) is 0 Å². The third-order valence-electron chi connectivity index (χ3n) is 8.22. The van der Waals surface area contributed by atoms with Crippen LogP contribution in [0.15, 0.2) is 65.8 Å². The Morgan fingerprint density at radius 2 is 1.54 bits per heavy atom. The normalized spacial score (nSPS) is 19.1. The summed E-state index contributed by atoms with van der Waals surface area (Å²) in [6, 6.07) is 14.1. The molecule has 1 amide bonds. The molecule has 2 aliphatic rings. The minimum absolute atomic E-state index is 0.0341. The van der Waals surface area contributed by atoms with Crippen LogP contribution < -0.4 is 0 Å². The molecule has 2 aliphatic heterocycles. The molecule has 2 saturated heterocycles. The number of carbonyl (C=O) groups is 1. The van der Waals surface area contributed by atoms with Gasteiger partial charge in [-0.25, -0.2) is 0 Å². The van der Waals surface area contributed by atoms with E-state index in [9.17, 15) is 31.1 Å². The van der Waals surface area contributed by atoms with Gasteiger partial charge in [-0.15, -0.1) is 0 Å². The molecule has 0 aromatic heterocycles. The van der Waals surface area contributed by atoms with Gasteiger partial charge in [-0.05, 0) is 47.9 Å². The van der Waals surface area contributed by atoms with E-state index in [1.807, 2.05) is 49.4 Å². The molecule has 0 spiro atoms. The quantitative estimate of drug-likeness (QED) is 0.124. The number of oxime groups is 1. The first-order valence-corrected chi connectivity index (χ1v) is 15.1. The van der Waals surface area contributed by atoms with E-state index in [1.54, 1.807) is 0 Å². The first-order chi connectivity index (χ1) is 21.9. The first-order valence-electron chi connectivity index (χ1n) is 15.1. The number of amides is 1. The van der Waals surface area contributed by atoms with Crippen molar-refractivity contribution in [3.8, 4) is 0 Å². The number of piperazine rings is 1. The summed E-state index contributed by atoms with van der Waals surface area (Å²) in [4.78, 5) is 24.9. The molecule has 13 heteroatoms. The minimum Gasteiger partial charge on any atom is -0.394 e. The molecule has 0 N–H and O–H groups in total. The van der Waals surface area contributed by atoms with E-state index in [0.717, 1.165) is 36.0 Å². The number of hydrogen-bond acceptors (Lipinski definition) is 6. The SMILES string of the molecule is C/C(CN1CCN(C(=O)c2cc(C(F)(F)F)cc(C(F)(F)F)c2)C(Cc2ccc3ccccc3c2)C1)=N\OCCN1CCOCC1. The molecule has 3 aromatic carbocycles. The van der Waals surface area contributed by atoms with Gasteiger partial charge in [0.2, 0.25) is 0 Å². The lowest BCUT2D eigenvalue weighted by atomic mass is 9.97. The summed E-state index contributed by atoms with van der Waals surface area (Å²) in [7, 11) is 0. The number of hydrogen-bond donors (Lipinski definition) is 0. The van der Waals surface area contributed by atoms with Crippen molar-refractivity contribution in [2.45, 2.75) is 31.7 Å². The van der Waals surface area contributed by atoms with E-state index in [2.05, 4.69) is 15.0 Å². The van der Waals surface area contributed by atoms with Gasteiger partial charge in [0.15, 0.2) is 0 Å². The second-order valence-electron chi connectivity index (χ2n) is 11.7.